The first-order chi connectivity index (χ1) is 8.61. The van der Waals surface area contributed by atoms with Crippen LogP contribution in [0.2, 0.25) is 5.15 Å². The van der Waals surface area contributed by atoms with Crippen LogP contribution in [0.5, 0.6) is 0 Å². The Morgan fingerprint density at radius 3 is 3.00 bits per heavy atom. The van der Waals surface area contributed by atoms with E-state index in [-0.39, 0.29) is 35.6 Å². The molecule has 1 aliphatic carbocycles. The van der Waals surface area contributed by atoms with E-state index in [2.05, 4.69) is 10.3 Å². The minimum absolute atomic E-state index is 0.0760. The van der Waals surface area contributed by atoms with Crippen LogP contribution in [-0.4, -0.2) is 22.0 Å². The van der Waals surface area contributed by atoms with E-state index < -0.39 is 0 Å². The highest BCUT2D eigenvalue weighted by molar-refractivity contribution is 6.29. The predicted octanol–water partition coefficient (Wildman–Crippen LogP) is 0.414. The summed E-state index contributed by atoms with van der Waals surface area (Å²) in [5.41, 5.74) is -0.344. The summed E-state index contributed by atoms with van der Waals surface area (Å²) >= 11 is 5.75. The maximum absolute atomic E-state index is 11.8. The van der Waals surface area contributed by atoms with Gasteiger partial charge in [0.1, 0.15) is 24.1 Å². The van der Waals surface area contributed by atoms with Gasteiger partial charge in [0.25, 0.3) is 5.56 Å². The number of hydrogen-bond donors (Lipinski definition) is 1. The first-order valence-electron chi connectivity index (χ1n) is 5.52. The van der Waals surface area contributed by atoms with Crippen molar-refractivity contribution in [2.45, 2.75) is 25.3 Å². The van der Waals surface area contributed by atoms with Crippen molar-refractivity contribution in [3.05, 3.63) is 27.4 Å². The molecular weight excluding hydrogens is 256 g/mol. The summed E-state index contributed by atoms with van der Waals surface area (Å²) in [4.78, 5) is 27.4. The van der Waals surface area contributed by atoms with Gasteiger partial charge in [0.15, 0.2) is 0 Å². The molecule has 0 aliphatic heterocycles. The number of amides is 1. The van der Waals surface area contributed by atoms with E-state index in [1.807, 2.05) is 0 Å². The van der Waals surface area contributed by atoms with Crippen LogP contribution in [0.15, 0.2) is 10.9 Å². The Kier molecular flexibility index (Phi) is 3.63. The van der Waals surface area contributed by atoms with Gasteiger partial charge in [0.05, 0.1) is 6.07 Å². The molecule has 1 aromatic rings. The Morgan fingerprint density at radius 1 is 1.67 bits per heavy atom. The Bertz CT molecular complexity index is 571. The molecule has 1 heterocycles. The molecule has 1 aromatic heterocycles. The van der Waals surface area contributed by atoms with Crippen molar-refractivity contribution in [3.8, 4) is 6.07 Å². The van der Waals surface area contributed by atoms with Crippen molar-refractivity contribution in [2.75, 3.05) is 6.54 Å². The van der Waals surface area contributed by atoms with Gasteiger partial charge in [-0.25, -0.2) is 4.98 Å². The zero-order chi connectivity index (χ0) is 13.1. The molecule has 1 fully saturated rings. The fourth-order valence-electron chi connectivity index (χ4n) is 1.64. The van der Waals surface area contributed by atoms with E-state index in [1.165, 1.54) is 10.6 Å². The molecule has 0 radical (unpaired) electrons. The molecular formula is C11H11ClN4O2. The molecule has 94 valence electrons. The average Bonchev–Trinajstić information content (AvgIpc) is 3.13. The fourth-order valence-corrected chi connectivity index (χ4v) is 1.82. The van der Waals surface area contributed by atoms with Crippen molar-refractivity contribution >= 4 is 17.5 Å². The van der Waals surface area contributed by atoms with Crippen LogP contribution in [-0.2, 0) is 11.3 Å². The van der Waals surface area contributed by atoms with Gasteiger partial charge < -0.3 is 5.32 Å². The van der Waals surface area contributed by atoms with Crippen molar-refractivity contribution in [3.63, 3.8) is 0 Å². The topological polar surface area (TPSA) is 87.8 Å². The van der Waals surface area contributed by atoms with Gasteiger partial charge in [-0.3, -0.25) is 14.2 Å². The van der Waals surface area contributed by atoms with E-state index in [4.69, 9.17) is 16.9 Å². The van der Waals surface area contributed by atoms with Crippen LogP contribution < -0.4 is 10.9 Å². The van der Waals surface area contributed by atoms with E-state index in [1.54, 1.807) is 6.07 Å². The lowest BCUT2D eigenvalue weighted by atomic mass is 10.3. The quantitative estimate of drug-likeness (QED) is 0.632. The molecule has 0 unspecified atom stereocenters. The van der Waals surface area contributed by atoms with Crippen LogP contribution in [0.4, 0.5) is 0 Å². The smallest absolute Gasteiger partial charge is 0.255 e. The lowest BCUT2D eigenvalue weighted by molar-refractivity contribution is -0.121. The number of aromatic nitrogens is 2. The molecule has 0 atom stereocenters. The fraction of sp³-hybridized carbons (Fsp3) is 0.455. The van der Waals surface area contributed by atoms with Crippen LogP contribution in [0.3, 0.4) is 0 Å². The van der Waals surface area contributed by atoms with Crippen molar-refractivity contribution in [2.24, 2.45) is 0 Å². The summed E-state index contributed by atoms with van der Waals surface area (Å²) < 4.78 is 1.32. The van der Waals surface area contributed by atoms with E-state index in [9.17, 15) is 9.59 Å². The summed E-state index contributed by atoms with van der Waals surface area (Å²) in [5.74, 6) is 0.379. The van der Waals surface area contributed by atoms with Gasteiger partial charge in [-0.05, 0) is 12.8 Å². The molecule has 6 nitrogen and oxygen atoms in total. The first kappa shape index (κ1) is 12.6. The number of nitrogens with zero attached hydrogens (tertiary/aromatic N) is 3. The van der Waals surface area contributed by atoms with Crippen molar-refractivity contribution in [1.82, 2.24) is 14.9 Å². The Labute approximate surface area is 108 Å². The number of carbonyl (C=O) groups is 1. The minimum Gasteiger partial charge on any atom is -0.341 e. The van der Waals surface area contributed by atoms with E-state index >= 15 is 0 Å². The lowest BCUT2D eigenvalue weighted by Crippen LogP contribution is -2.34. The van der Waals surface area contributed by atoms with E-state index in [0.717, 1.165) is 12.8 Å². The molecule has 1 aliphatic rings. The summed E-state index contributed by atoms with van der Waals surface area (Å²) in [6, 6.07) is 2.99. The van der Waals surface area contributed by atoms with Gasteiger partial charge in [-0.15, -0.1) is 0 Å². The number of nitriles is 1. The normalized spacial score (nSPS) is 14.0. The number of nitrogens with one attached hydrogen (secondary N) is 1. The molecule has 0 spiro atoms. The SMILES string of the molecule is N#CCNC(=O)Cn1c(C2CC2)nc(Cl)cc1=O. The molecule has 0 bridgehead atoms. The monoisotopic (exact) mass is 266 g/mol. The maximum Gasteiger partial charge on any atom is 0.255 e. The highest BCUT2D eigenvalue weighted by atomic mass is 35.5. The lowest BCUT2D eigenvalue weighted by Gasteiger charge is -2.10. The molecule has 7 heteroatoms. The Hall–Kier alpha value is -1.87. The second kappa shape index (κ2) is 5.19. The van der Waals surface area contributed by atoms with E-state index in [0.29, 0.717) is 5.82 Å². The summed E-state index contributed by atoms with van der Waals surface area (Å²) in [6.45, 7) is -0.204. The molecule has 2 rings (SSSR count). The standard InChI is InChI=1S/C11H11ClN4O2/c12-8-5-10(18)16(6-9(17)14-4-3-13)11(15-8)7-1-2-7/h5,7H,1-2,4,6H2,(H,14,17). The molecule has 18 heavy (non-hydrogen) atoms. The Morgan fingerprint density at radius 2 is 2.39 bits per heavy atom. The molecule has 0 saturated heterocycles. The molecule has 1 N–H and O–H groups in total. The summed E-state index contributed by atoms with van der Waals surface area (Å²) in [7, 11) is 0. The minimum atomic E-state index is -0.385. The molecule has 1 saturated carbocycles. The van der Waals surface area contributed by atoms with Crippen molar-refractivity contribution < 1.29 is 4.79 Å². The van der Waals surface area contributed by atoms with Crippen LogP contribution in [0.1, 0.15) is 24.6 Å². The maximum atomic E-state index is 11.8. The average molecular weight is 267 g/mol. The van der Waals surface area contributed by atoms with Gasteiger partial charge >= 0.3 is 0 Å². The largest absolute Gasteiger partial charge is 0.341 e. The molecule has 0 aromatic carbocycles. The predicted molar refractivity (Wildman–Crippen MR) is 64.1 cm³/mol. The highest BCUT2D eigenvalue weighted by Crippen LogP contribution is 2.38. The zero-order valence-corrected chi connectivity index (χ0v) is 10.3. The van der Waals surface area contributed by atoms with Gasteiger partial charge in [0.2, 0.25) is 5.91 Å². The first-order valence-corrected chi connectivity index (χ1v) is 5.90. The summed E-state index contributed by atoms with van der Waals surface area (Å²) in [5, 5.41) is 10.9. The highest BCUT2D eigenvalue weighted by Gasteiger charge is 2.29. The van der Waals surface area contributed by atoms with Crippen LogP contribution in [0.25, 0.3) is 0 Å². The van der Waals surface area contributed by atoms with Gasteiger partial charge in [-0.2, -0.15) is 5.26 Å². The van der Waals surface area contributed by atoms with Gasteiger partial charge in [0, 0.05) is 12.0 Å². The Balaban J connectivity index is 2.24. The van der Waals surface area contributed by atoms with Crippen LogP contribution in [0, 0.1) is 11.3 Å². The second-order valence-corrected chi connectivity index (χ2v) is 4.46. The number of halogens is 1. The summed E-state index contributed by atoms with van der Waals surface area (Å²) in [6.07, 6.45) is 1.90. The second-order valence-electron chi connectivity index (χ2n) is 4.07. The third-order valence-electron chi connectivity index (χ3n) is 2.62. The van der Waals surface area contributed by atoms with Gasteiger partial charge in [-0.1, -0.05) is 11.6 Å². The zero-order valence-electron chi connectivity index (χ0n) is 9.52. The number of hydrogen-bond acceptors (Lipinski definition) is 4. The van der Waals surface area contributed by atoms with Crippen molar-refractivity contribution in [1.29, 1.82) is 5.26 Å². The van der Waals surface area contributed by atoms with Crippen LogP contribution >= 0.6 is 11.6 Å². The third-order valence-corrected chi connectivity index (χ3v) is 2.81. The third kappa shape index (κ3) is 2.87. The number of carbonyl (C=O) groups excluding carboxylic acids is 1. The number of rotatable bonds is 4. The molecule has 1 amide bonds.